The number of alkyl halides is 1. The van der Waals surface area contributed by atoms with Crippen LogP contribution in [0.1, 0.15) is 80.1 Å². The molecule has 3 atom stereocenters. The lowest BCUT2D eigenvalue weighted by Crippen LogP contribution is -2.64. The minimum atomic E-state index is -2.40. The van der Waals surface area contributed by atoms with E-state index >= 15 is 0 Å². The lowest BCUT2D eigenvalue weighted by Gasteiger charge is -2.55. The first-order valence-corrected chi connectivity index (χ1v) is 14.0. The molecule has 2 rings (SSSR count). The van der Waals surface area contributed by atoms with Crippen LogP contribution in [-0.2, 0) is 9.22 Å². The lowest BCUT2D eigenvalue weighted by molar-refractivity contribution is -0.123. The van der Waals surface area contributed by atoms with E-state index in [2.05, 4.69) is 60.8 Å². The molecule has 168 valence electrons. The molecule has 0 aromatic carbocycles. The van der Waals surface area contributed by atoms with Gasteiger partial charge in [0.2, 0.25) is 8.32 Å². The molecule has 0 aliphatic heterocycles. The number of allylic oxidation sites excluding steroid dienone is 2. The summed E-state index contributed by atoms with van der Waals surface area (Å²) in [6.45, 7) is 21.3. The number of hydrogen-bond donors (Lipinski definition) is 0. The fourth-order valence-corrected chi connectivity index (χ4v) is 13.3. The van der Waals surface area contributed by atoms with E-state index in [0.717, 1.165) is 25.7 Å². The molecule has 0 spiro atoms. The summed E-state index contributed by atoms with van der Waals surface area (Å²) in [6, 6.07) is 2.44. The maximum atomic E-state index is 13.3. The third kappa shape index (κ3) is 3.36. The smallest absolute Gasteiger partial charge is 0.201 e. The van der Waals surface area contributed by atoms with Gasteiger partial charge < -0.3 is 4.43 Å². The Morgan fingerprint density at radius 2 is 1.60 bits per heavy atom. The molecule has 0 heterocycles. The molecule has 0 radical (unpaired) electrons. The van der Waals surface area contributed by atoms with Gasteiger partial charge in [-0.25, -0.2) is 0 Å². The highest BCUT2D eigenvalue weighted by molar-refractivity contribution is 6.77. The zero-order valence-electron chi connectivity index (χ0n) is 19.8. The van der Waals surface area contributed by atoms with Crippen LogP contribution in [0.2, 0.25) is 16.6 Å². The minimum Gasteiger partial charge on any atom is -0.407 e. The predicted octanol–water partition coefficient (Wildman–Crippen LogP) is 7.33. The van der Waals surface area contributed by atoms with Crippen LogP contribution in [-0.4, -0.2) is 24.6 Å². The van der Waals surface area contributed by atoms with Gasteiger partial charge in [0.05, 0.1) is 6.07 Å². The summed E-state index contributed by atoms with van der Waals surface area (Å²) < 4.78 is 7.44. The molecule has 0 aromatic rings. The molecule has 0 N–H and O–H groups in total. The Balaban J connectivity index is 2.80. The Morgan fingerprint density at radius 1 is 1.13 bits per heavy atom. The van der Waals surface area contributed by atoms with E-state index in [9.17, 15) is 10.1 Å². The van der Waals surface area contributed by atoms with Crippen molar-refractivity contribution in [1.29, 1.82) is 5.26 Å². The molecular formula is C25H40ClNO2Si. The van der Waals surface area contributed by atoms with Crippen LogP contribution in [0.25, 0.3) is 0 Å². The Bertz CT molecular complexity index is 691. The summed E-state index contributed by atoms with van der Waals surface area (Å²) in [5.74, 6) is -0.0124. The summed E-state index contributed by atoms with van der Waals surface area (Å²) >= 11 is 7.17. The zero-order chi connectivity index (χ0) is 23.0. The molecule has 3 nitrogen and oxygen atoms in total. The highest BCUT2D eigenvalue weighted by atomic mass is 35.5. The fourth-order valence-electron chi connectivity index (χ4n) is 7.03. The van der Waals surface area contributed by atoms with Crippen molar-refractivity contribution in [3.63, 3.8) is 0 Å². The minimum absolute atomic E-state index is 0.216. The summed E-state index contributed by atoms with van der Waals surface area (Å²) in [7, 11) is -2.40. The molecule has 2 fully saturated rings. The summed E-state index contributed by atoms with van der Waals surface area (Å²) in [5.41, 5.74) is -0.357. The fraction of sp³-hybridized carbons (Fsp3) is 0.760. The number of carbonyl (C=O) groups excluding carboxylic acids is 1. The van der Waals surface area contributed by atoms with Crippen molar-refractivity contribution in [2.45, 2.75) is 107 Å². The summed E-state index contributed by atoms with van der Waals surface area (Å²) in [6.07, 6.45) is 7.57. The maximum absolute atomic E-state index is 13.3. The molecule has 2 aliphatic rings. The van der Waals surface area contributed by atoms with Crippen molar-refractivity contribution >= 4 is 25.7 Å². The molecule has 2 saturated carbocycles. The van der Waals surface area contributed by atoms with Gasteiger partial charge in [0.1, 0.15) is 11.4 Å². The van der Waals surface area contributed by atoms with Crippen LogP contribution in [0.5, 0.6) is 0 Å². The topological polar surface area (TPSA) is 50.1 Å². The van der Waals surface area contributed by atoms with Crippen LogP contribution in [0.15, 0.2) is 25.3 Å². The van der Waals surface area contributed by atoms with Gasteiger partial charge in [-0.15, -0.1) is 13.2 Å². The van der Waals surface area contributed by atoms with Crippen LogP contribution < -0.4 is 0 Å². The van der Waals surface area contributed by atoms with E-state index in [0.29, 0.717) is 23.0 Å². The Morgan fingerprint density at radius 3 is 1.97 bits per heavy atom. The van der Waals surface area contributed by atoms with Crippen molar-refractivity contribution in [2.24, 2.45) is 11.3 Å². The van der Waals surface area contributed by atoms with E-state index in [4.69, 9.17) is 16.0 Å². The second kappa shape index (κ2) is 8.92. The normalized spacial score (nSPS) is 30.3. The van der Waals surface area contributed by atoms with Crippen molar-refractivity contribution in [3.05, 3.63) is 25.3 Å². The predicted molar refractivity (Wildman–Crippen MR) is 128 cm³/mol. The first-order valence-electron chi connectivity index (χ1n) is 11.5. The number of hydrogen-bond acceptors (Lipinski definition) is 3. The zero-order valence-corrected chi connectivity index (χ0v) is 21.5. The Labute approximate surface area is 190 Å². The van der Waals surface area contributed by atoms with Crippen molar-refractivity contribution in [1.82, 2.24) is 0 Å². The van der Waals surface area contributed by atoms with E-state index in [-0.39, 0.29) is 18.1 Å². The second-order valence-electron chi connectivity index (χ2n) is 10.4. The highest BCUT2D eigenvalue weighted by Crippen LogP contribution is 2.72. The standard InChI is InChI=1S/C25H40ClNO2Si/c1-9-11-13-23(14-12-10-2)21-15-24(26,17-27)25(23,16-22(21)28)29-30(18(3)4,19(5)6)20(7)8/h9-10,18-21H,1-2,11-16H2,3-8H3/t21-,24-,25-/m1/s1. The largest absolute Gasteiger partial charge is 0.407 e. The number of ketones is 1. The monoisotopic (exact) mass is 449 g/mol. The van der Waals surface area contributed by atoms with Gasteiger partial charge in [-0.1, -0.05) is 65.3 Å². The van der Waals surface area contributed by atoms with E-state index < -0.39 is 24.2 Å². The number of rotatable bonds is 11. The van der Waals surface area contributed by atoms with E-state index in [1.165, 1.54) is 0 Å². The SMILES string of the molecule is C=CCCC1(CCC=C)[C@@H]2C[C@@](Cl)(C#N)[C@@]1(O[Si](C(C)C)(C(C)C)C(C)C)CC2=O. The molecule has 0 amide bonds. The second-order valence-corrected chi connectivity index (χ2v) is 16.4. The highest BCUT2D eigenvalue weighted by Gasteiger charge is 2.79. The Kier molecular flexibility index (Phi) is 7.55. The maximum Gasteiger partial charge on any atom is 0.201 e. The van der Waals surface area contributed by atoms with Crippen LogP contribution >= 0.6 is 11.6 Å². The summed E-state index contributed by atoms with van der Waals surface area (Å²) in [4.78, 5) is 12.1. The molecular weight excluding hydrogens is 410 g/mol. The first kappa shape index (κ1) is 25.4. The molecule has 0 aromatic heterocycles. The van der Waals surface area contributed by atoms with Crippen LogP contribution in [0, 0.1) is 22.7 Å². The number of carbonyl (C=O) groups is 1. The third-order valence-corrected chi connectivity index (χ3v) is 14.9. The number of fused-ring (bicyclic) bond motifs is 2. The molecule has 2 aliphatic carbocycles. The average molecular weight is 450 g/mol. The van der Waals surface area contributed by atoms with Crippen molar-refractivity contribution in [2.75, 3.05) is 0 Å². The lowest BCUT2D eigenvalue weighted by atomic mass is 9.66. The van der Waals surface area contributed by atoms with Gasteiger partial charge in [0.15, 0.2) is 4.87 Å². The molecule has 5 heteroatoms. The van der Waals surface area contributed by atoms with E-state index in [1.807, 2.05) is 12.2 Å². The summed E-state index contributed by atoms with van der Waals surface area (Å²) in [5, 5.41) is 10.3. The van der Waals surface area contributed by atoms with Gasteiger partial charge in [-0.05, 0) is 48.7 Å². The van der Waals surface area contributed by atoms with Gasteiger partial charge in [0.25, 0.3) is 0 Å². The van der Waals surface area contributed by atoms with Gasteiger partial charge in [0, 0.05) is 17.8 Å². The van der Waals surface area contributed by atoms with E-state index in [1.54, 1.807) is 0 Å². The van der Waals surface area contributed by atoms with Crippen LogP contribution in [0.4, 0.5) is 0 Å². The van der Waals surface area contributed by atoms with Crippen molar-refractivity contribution < 1.29 is 9.22 Å². The number of nitriles is 1. The van der Waals surface area contributed by atoms with Crippen LogP contribution in [0.3, 0.4) is 0 Å². The first-order chi connectivity index (χ1) is 13.9. The quantitative estimate of drug-likeness (QED) is 0.188. The molecule has 0 saturated heterocycles. The number of halogens is 1. The van der Waals surface area contributed by atoms with Gasteiger partial charge >= 0.3 is 0 Å². The number of nitrogens with zero attached hydrogens (tertiary/aromatic N) is 1. The average Bonchev–Trinajstić information content (AvgIpc) is 3.02. The molecule has 30 heavy (non-hydrogen) atoms. The molecule has 2 bridgehead atoms. The van der Waals surface area contributed by atoms with Crippen molar-refractivity contribution in [3.8, 4) is 6.07 Å². The van der Waals surface area contributed by atoms with Gasteiger partial charge in [-0.2, -0.15) is 5.26 Å². The third-order valence-electron chi connectivity index (χ3n) is 8.23. The Hall–Kier alpha value is -0.893. The molecule has 0 unspecified atom stereocenters. The van der Waals surface area contributed by atoms with Gasteiger partial charge in [-0.3, -0.25) is 4.79 Å². The number of Topliss-reactive ketones (excluding diaryl/α,β-unsaturated/α-hetero) is 1.